The van der Waals surface area contributed by atoms with Gasteiger partial charge in [-0.15, -0.1) is 12.4 Å². The molecule has 0 spiro atoms. The molecular weight excluding hydrogens is 188 g/mol. The van der Waals surface area contributed by atoms with Gasteiger partial charge in [0, 0.05) is 6.20 Å². The molecule has 1 aromatic rings. The van der Waals surface area contributed by atoms with Crippen LogP contribution in [0.25, 0.3) is 0 Å². The first-order valence-electron chi connectivity index (χ1n) is 3.17. The van der Waals surface area contributed by atoms with Gasteiger partial charge in [-0.2, -0.15) is 5.10 Å². The summed E-state index contributed by atoms with van der Waals surface area (Å²) >= 11 is 0. The Hall–Kier alpha value is -0.840. The van der Waals surface area contributed by atoms with Crippen molar-refractivity contribution in [3.05, 3.63) is 11.9 Å². The minimum atomic E-state index is -2.38. The van der Waals surface area contributed by atoms with E-state index in [4.69, 9.17) is 5.73 Å². The highest BCUT2D eigenvalue weighted by Crippen LogP contribution is 2.07. The average Bonchev–Trinajstić information content (AvgIpc) is 2.10. The molecule has 2 N–H and O–H groups in total. The Kier molecular flexibility index (Phi) is 3.95. The maximum Gasteiger partial charge on any atom is 0.257 e. The summed E-state index contributed by atoms with van der Waals surface area (Å²) in [6, 6.07) is 0. The van der Waals surface area contributed by atoms with Gasteiger partial charge in [0.15, 0.2) is 0 Å². The van der Waals surface area contributed by atoms with E-state index in [0.717, 1.165) is 4.68 Å². The van der Waals surface area contributed by atoms with Crippen molar-refractivity contribution in [2.75, 3.05) is 5.73 Å². The van der Waals surface area contributed by atoms with Crippen molar-refractivity contribution in [2.45, 2.75) is 19.9 Å². The predicted octanol–water partition coefficient (Wildman–Crippen LogP) is 1.46. The summed E-state index contributed by atoms with van der Waals surface area (Å²) in [7, 11) is 0. The van der Waals surface area contributed by atoms with E-state index in [0.29, 0.717) is 11.4 Å². The zero-order valence-corrected chi connectivity index (χ0v) is 7.31. The van der Waals surface area contributed by atoms with Crippen LogP contribution in [0.1, 0.15) is 5.69 Å². The fraction of sp³-hybridized carbons (Fsp3) is 0.500. The number of nitrogen functional groups attached to an aromatic ring is 1. The molecule has 0 aliphatic carbocycles. The highest BCUT2D eigenvalue weighted by Gasteiger charge is 2.06. The zero-order chi connectivity index (χ0) is 8.43. The third kappa shape index (κ3) is 2.65. The van der Waals surface area contributed by atoms with Gasteiger partial charge >= 0.3 is 0 Å². The molecule has 0 radical (unpaired) electrons. The van der Waals surface area contributed by atoms with Gasteiger partial charge in [-0.3, -0.25) is 4.68 Å². The van der Waals surface area contributed by atoms with Gasteiger partial charge in [0.25, 0.3) is 6.43 Å². The van der Waals surface area contributed by atoms with Crippen LogP contribution in [0, 0.1) is 6.92 Å². The number of hydrogen-bond donors (Lipinski definition) is 1. The van der Waals surface area contributed by atoms with Crippen LogP contribution in [0.15, 0.2) is 6.20 Å². The second kappa shape index (κ2) is 4.25. The minimum Gasteiger partial charge on any atom is -0.396 e. The Labute approximate surface area is 75.0 Å². The number of alkyl halides is 2. The van der Waals surface area contributed by atoms with E-state index < -0.39 is 13.0 Å². The summed E-state index contributed by atoms with van der Waals surface area (Å²) in [6.07, 6.45) is -0.977. The second-order valence-corrected chi connectivity index (χ2v) is 2.28. The van der Waals surface area contributed by atoms with Crippen molar-refractivity contribution in [2.24, 2.45) is 0 Å². The topological polar surface area (TPSA) is 43.8 Å². The van der Waals surface area contributed by atoms with Crippen LogP contribution in [-0.4, -0.2) is 16.2 Å². The molecule has 0 saturated heterocycles. The zero-order valence-electron chi connectivity index (χ0n) is 6.50. The smallest absolute Gasteiger partial charge is 0.257 e. The quantitative estimate of drug-likeness (QED) is 0.780. The van der Waals surface area contributed by atoms with Gasteiger partial charge in [-0.1, -0.05) is 0 Å². The minimum absolute atomic E-state index is 0. The molecule has 1 heterocycles. The third-order valence-electron chi connectivity index (χ3n) is 1.31. The van der Waals surface area contributed by atoms with Crippen molar-refractivity contribution >= 4 is 18.1 Å². The fourth-order valence-electron chi connectivity index (χ4n) is 0.768. The molecule has 0 aliphatic rings. The highest BCUT2D eigenvalue weighted by atomic mass is 35.5. The van der Waals surface area contributed by atoms with E-state index in [1.54, 1.807) is 6.92 Å². The second-order valence-electron chi connectivity index (χ2n) is 2.28. The number of nitrogens with zero attached hydrogens (tertiary/aromatic N) is 2. The molecule has 0 atom stereocenters. The van der Waals surface area contributed by atoms with Gasteiger partial charge in [0.05, 0.1) is 11.4 Å². The lowest BCUT2D eigenvalue weighted by Crippen LogP contribution is -2.06. The number of nitrogens with two attached hydrogens (primary N) is 1. The summed E-state index contributed by atoms with van der Waals surface area (Å²) in [5.74, 6) is 0. The number of halogens is 3. The molecule has 0 bridgehead atoms. The van der Waals surface area contributed by atoms with Crippen LogP contribution >= 0.6 is 12.4 Å². The molecule has 6 heteroatoms. The van der Waals surface area contributed by atoms with Crippen molar-refractivity contribution in [1.29, 1.82) is 0 Å². The van der Waals surface area contributed by atoms with Crippen molar-refractivity contribution in [3.63, 3.8) is 0 Å². The first kappa shape index (κ1) is 11.2. The number of rotatable bonds is 2. The molecule has 3 nitrogen and oxygen atoms in total. The standard InChI is InChI=1S/C6H9F2N3.ClH/c1-4-5(9)2-11(10-4)3-6(7)8;/h2,6H,3,9H2,1H3;1H. The van der Waals surface area contributed by atoms with E-state index in [2.05, 4.69) is 5.10 Å². The van der Waals surface area contributed by atoms with E-state index in [1.165, 1.54) is 6.20 Å². The molecule has 1 aromatic heterocycles. The van der Waals surface area contributed by atoms with Crippen molar-refractivity contribution in [3.8, 4) is 0 Å². The average molecular weight is 198 g/mol. The normalized spacial score (nSPS) is 10.0. The van der Waals surface area contributed by atoms with E-state index in [-0.39, 0.29) is 12.4 Å². The largest absolute Gasteiger partial charge is 0.396 e. The fourth-order valence-corrected chi connectivity index (χ4v) is 0.768. The van der Waals surface area contributed by atoms with Crippen molar-refractivity contribution < 1.29 is 8.78 Å². The number of aromatic nitrogens is 2. The van der Waals surface area contributed by atoms with E-state index in [1.807, 2.05) is 0 Å². The van der Waals surface area contributed by atoms with Gasteiger partial charge < -0.3 is 5.73 Å². The highest BCUT2D eigenvalue weighted by molar-refractivity contribution is 5.85. The van der Waals surface area contributed by atoms with Gasteiger partial charge in [-0.25, -0.2) is 8.78 Å². The van der Waals surface area contributed by atoms with E-state index in [9.17, 15) is 8.78 Å². The number of anilines is 1. The predicted molar refractivity (Wildman–Crippen MR) is 44.6 cm³/mol. The molecular formula is C6H10ClF2N3. The Morgan fingerprint density at radius 3 is 2.58 bits per heavy atom. The van der Waals surface area contributed by atoms with Gasteiger partial charge in [-0.05, 0) is 6.92 Å². The Morgan fingerprint density at radius 1 is 1.67 bits per heavy atom. The van der Waals surface area contributed by atoms with Crippen LogP contribution in [-0.2, 0) is 6.54 Å². The summed E-state index contributed by atoms with van der Waals surface area (Å²) < 4.78 is 24.7. The summed E-state index contributed by atoms with van der Waals surface area (Å²) in [5.41, 5.74) is 6.43. The Balaban J connectivity index is 0.00000121. The number of aryl methyl sites for hydroxylation is 1. The molecule has 0 unspecified atom stereocenters. The first-order chi connectivity index (χ1) is 5.09. The lowest BCUT2D eigenvalue weighted by atomic mass is 10.4. The number of hydrogen-bond acceptors (Lipinski definition) is 2. The first-order valence-corrected chi connectivity index (χ1v) is 3.17. The lowest BCUT2D eigenvalue weighted by molar-refractivity contribution is 0.121. The van der Waals surface area contributed by atoms with Crippen LogP contribution in [0.2, 0.25) is 0 Å². The maximum atomic E-state index is 11.8. The molecule has 0 amide bonds. The summed E-state index contributed by atoms with van der Waals surface area (Å²) in [4.78, 5) is 0. The van der Waals surface area contributed by atoms with Crippen LogP contribution in [0.3, 0.4) is 0 Å². The van der Waals surface area contributed by atoms with Crippen LogP contribution < -0.4 is 5.73 Å². The molecule has 0 aliphatic heterocycles. The monoisotopic (exact) mass is 197 g/mol. The molecule has 12 heavy (non-hydrogen) atoms. The maximum absolute atomic E-state index is 11.8. The van der Waals surface area contributed by atoms with Crippen LogP contribution in [0.4, 0.5) is 14.5 Å². The lowest BCUT2D eigenvalue weighted by Gasteiger charge is -1.97. The summed E-state index contributed by atoms with van der Waals surface area (Å²) in [6.45, 7) is 1.29. The van der Waals surface area contributed by atoms with Crippen molar-refractivity contribution in [1.82, 2.24) is 9.78 Å². The molecule has 1 rings (SSSR count). The summed E-state index contributed by atoms with van der Waals surface area (Å²) in [5, 5.41) is 3.76. The third-order valence-corrected chi connectivity index (χ3v) is 1.31. The van der Waals surface area contributed by atoms with Crippen LogP contribution in [0.5, 0.6) is 0 Å². The SMILES string of the molecule is Cc1nn(CC(F)F)cc1N.Cl. The van der Waals surface area contributed by atoms with E-state index >= 15 is 0 Å². The molecule has 0 aromatic carbocycles. The molecule has 0 fully saturated rings. The van der Waals surface area contributed by atoms with Gasteiger partial charge in [0.2, 0.25) is 0 Å². The van der Waals surface area contributed by atoms with Gasteiger partial charge in [0.1, 0.15) is 6.54 Å². The molecule has 70 valence electrons. The molecule has 0 saturated carbocycles. The Bertz CT molecular complexity index is 229. The Morgan fingerprint density at radius 2 is 2.25 bits per heavy atom.